The Bertz CT molecular complexity index is 655. The standard InChI is InChI=1S/C18H31N4O2P/c1-18(2,3)24-17(23)20-14-8-7-11-22(13-14)16-9-10-19-12-15(16)21-25(4,5)6/h9-10,12,14H,7-8,11,13H2,1-6H3,(H,20,23). The second-order valence-corrected chi connectivity index (χ2v) is 12.4. The maximum atomic E-state index is 12.0. The first-order chi connectivity index (χ1) is 11.5. The summed E-state index contributed by atoms with van der Waals surface area (Å²) in [6, 6.07) is 2.10. The third-order valence-electron chi connectivity index (χ3n) is 3.67. The number of nitrogens with one attached hydrogen (secondary N) is 1. The van der Waals surface area contributed by atoms with Gasteiger partial charge in [0.1, 0.15) is 11.3 Å². The van der Waals surface area contributed by atoms with Gasteiger partial charge in [-0.05, 0) is 66.7 Å². The Kier molecular flexibility index (Phi) is 6.15. The molecular weight excluding hydrogens is 335 g/mol. The van der Waals surface area contributed by atoms with Crippen molar-refractivity contribution in [2.24, 2.45) is 4.74 Å². The maximum Gasteiger partial charge on any atom is 0.407 e. The van der Waals surface area contributed by atoms with Crippen molar-refractivity contribution in [2.75, 3.05) is 38.0 Å². The molecule has 1 atom stereocenters. The molecule has 1 amide bonds. The van der Waals surface area contributed by atoms with Gasteiger partial charge in [0.05, 0.1) is 11.9 Å². The lowest BCUT2D eigenvalue weighted by atomic mass is 10.1. The number of pyridine rings is 1. The van der Waals surface area contributed by atoms with E-state index >= 15 is 0 Å². The number of anilines is 1. The van der Waals surface area contributed by atoms with Crippen LogP contribution in [-0.4, -0.2) is 55.8 Å². The van der Waals surface area contributed by atoms with E-state index < -0.39 is 12.7 Å². The second kappa shape index (κ2) is 7.77. The van der Waals surface area contributed by atoms with Crippen molar-refractivity contribution in [2.45, 2.75) is 45.3 Å². The molecular formula is C18H31N4O2P. The Hall–Kier alpha value is -1.55. The molecule has 1 fully saturated rings. The number of alkyl carbamates (subject to hydrolysis) is 1. The molecule has 6 nitrogen and oxygen atoms in total. The van der Waals surface area contributed by atoms with Crippen LogP contribution in [0.3, 0.4) is 0 Å². The molecule has 2 rings (SSSR count). The molecule has 1 aromatic rings. The van der Waals surface area contributed by atoms with Gasteiger partial charge in [0, 0.05) is 25.3 Å². The monoisotopic (exact) mass is 366 g/mol. The molecule has 0 aromatic carbocycles. The van der Waals surface area contributed by atoms with Crippen LogP contribution in [0.5, 0.6) is 0 Å². The number of rotatable bonds is 3. The maximum absolute atomic E-state index is 12.0. The molecule has 1 N–H and O–H groups in total. The molecule has 0 spiro atoms. The van der Waals surface area contributed by atoms with E-state index in [4.69, 9.17) is 9.48 Å². The van der Waals surface area contributed by atoms with E-state index in [1.165, 1.54) is 0 Å². The van der Waals surface area contributed by atoms with Gasteiger partial charge in [-0.1, -0.05) is 0 Å². The van der Waals surface area contributed by atoms with Crippen molar-refractivity contribution in [3.05, 3.63) is 18.5 Å². The number of ether oxygens (including phenoxy) is 1. The van der Waals surface area contributed by atoms with Crippen molar-refractivity contribution in [3.8, 4) is 0 Å². The summed E-state index contributed by atoms with van der Waals surface area (Å²) in [5.74, 6) is 0. The Morgan fingerprint density at radius 1 is 1.40 bits per heavy atom. The van der Waals surface area contributed by atoms with Gasteiger partial charge in [-0.15, -0.1) is 0 Å². The quantitative estimate of drug-likeness (QED) is 0.810. The van der Waals surface area contributed by atoms with Crippen LogP contribution in [0.15, 0.2) is 23.2 Å². The number of carbonyl (C=O) groups excluding carboxylic acids is 1. The average Bonchev–Trinajstić information content (AvgIpc) is 2.44. The number of piperidine rings is 1. The number of amides is 1. The van der Waals surface area contributed by atoms with E-state index in [0.29, 0.717) is 0 Å². The van der Waals surface area contributed by atoms with Crippen LogP contribution in [-0.2, 0) is 4.74 Å². The molecule has 1 aliphatic heterocycles. The molecule has 1 unspecified atom stereocenters. The molecule has 2 heterocycles. The summed E-state index contributed by atoms with van der Waals surface area (Å²) in [6.45, 7) is 13.9. The largest absolute Gasteiger partial charge is 0.444 e. The Labute approximate surface area is 151 Å². The lowest BCUT2D eigenvalue weighted by molar-refractivity contribution is 0.0500. The van der Waals surface area contributed by atoms with Crippen LogP contribution in [0.1, 0.15) is 33.6 Å². The van der Waals surface area contributed by atoms with Crippen LogP contribution < -0.4 is 10.2 Å². The van der Waals surface area contributed by atoms with Crippen molar-refractivity contribution in [1.82, 2.24) is 10.3 Å². The number of nitrogens with zero attached hydrogens (tertiary/aromatic N) is 3. The zero-order chi connectivity index (χ0) is 18.7. The summed E-state index contributed by atoms with van der Waals surface area (Å²) in [5, 5.41) is 3.00. The lowest BCUT2D eigenvalue weighted by Crippen LogP contribution is -2.49. The molecule has 25 heavy (non-hydrogen) atoms. The highest BCUT2D eigenvalue weighted by Gasteiger charge is 2.25. The van der Waals surface area contributed by atoms with Gasteiger partial charge in [-0.25, -0.2) is 4.79 Å². The molecule has 1 aromatic heterocycles. The summed E-state index contributed by atoms with van der Waals surface area (Å²) in [6.07, 6.45) is 5.28. The van der Waals surface area contributed by atoms with Crippen LogP contribution >= 0.6 is 7.05 Å². The van der Waals surface area contributed by atoms with E-state index in [2.05, 4.69) is 35.2 Å². The Morgan fingerprint density at radius 3 is 2.76 bits per heavy atom. The third-order valence-corrected chi connectivity index (χ3v) is 4.48. The van der Waals surface area contributed by atoms with Gasteiger partial charge >= 0.3 is 6.09 Å². The normalized spacial score (nSPS) is 18.6. The first-order valence-corrected chi connectivity index (χ1v) is 11.8. The van der Waals surface area contributed by atoms with Crippen molar-refractivity contribution < 1.29 is 9.53 Å². The fourth-order valence-electron chi connectivity index (χ4n) is 2.83. The summed E-state index contributed by atoms with van der Waals surface area (Å²) in [5.41, 5.74) is 1.56. The number of hydrogen-bond donors (Lipinski definition) is 1. The fourth-order valence-corrected chi connectivity index (χ4v) is 3.63. The van der Waals surface area contributed by atoms with Crippen LogP contribution in [0, 0.1) is 0 Å². The first-order valence-electron chi connectivity index (χ1n) is 8.77. The zero-order valence-corrected chi connectivity index (χ0v) is 17.1. The van der Waals surface area contributed by atoms with Crippen molar-refractivity contribution in [3.63, 3.8) is 0 Å². The van der Waals surface area contributed by atoms with Crippen molar-refractivity contribution in [1.29, 1.82) is 0 Å². The topological polar surface area (TPSA) is 66.8 Å². The zero-order valence-electron chi connectivity index (χ0n) is 16.2. The van der Waals surface area contributed by atoms with Gasteiger partial charge in [-0.2, -0.15) is 0 Å². The predicted molar refractivity (Wildman–Crippen MR) is 106 cm³/mol. The molecule has 1 saturated heterocycles. The fraction of sp³-hybridized carbons (Fsp3) is 0.667. The highest BCUT2D eigenvalue weighted by Crippen LogP contribution is 2.43. The van der Waals surface area contributed by atoms with E-state index in [-0.39, 0.29) is 12.1 Å². The molecule has 0 aliphatic carbocycles. The third kappa shape index (κ3) is 6.69. The lowest BCUT2D eigenvalue weighted by Gasteiger charge is -2.35. The number of hydrogen-bond acceptors (Lipinski definition) is 5. The summed E-state index contributed by atoms with van der Waals surface area (Å²) < 4.78 is 10.3. The molecule has 140 valence electrons. The average molecular weight is 366 g/mol. The van der Waals surface area contributed by atoms with Gasteiger partial charge < -0.3 is 15.0 Å². The summed E-state index contributed by atoms with van der Waals surface area (Å²) >= 11 is 0. The van der Waals surface area contributed by atoms with E-state index in [0.717, 1.165) is 37.3 Å². The number of carbonyl (C=O) groups is 1. The minimum Gasteiger partial charge on any atom is -0.444 e. The molecule has 0 saturated carbocycles. The van der Waals surface area contributed by atoms with E-state index in [9.17, 15) is 4.79 Å². The Balaban J connectivity index is 2.11. The smallest absolute Gasteiger partial charge is 0.407 e. The van der Waals surface area contributed by atoms with Crippen molar-refractivity contribution >= 4 is 24.5 Å². The van der Waals surface area contributed by atoms with E-state index in [1.807, 2.05) is 33.0 Å². The SMILES string of the molecule is CC(C)(C)OC(=O)NC1CCCN(c2ccncc2N=P(C)(C)C)C1. The Morgan fingerprint density at radius 2 is 2.12 bits per heavy atom. The summed E-state index contributed by atoms with van der Waals surface area (Å²) in [4.78, 5) is 18.6. The summed E-state index contributed by atoms with van der Waals surface area (Å²) in [7, 11) is -1.31. The minimum absolute atomic E-state index is 0.0778. The van der Waals surface area contributed by atoms with E-state index in [1.54, 1.807) is 6.20 Å². The van der Waals surface area contributed by atoms with Gasteiger partial charge in [0.2, 0.25) is 0 Å². The van der Waals surface area contributed by atoms with Crippen LogP contribution in [0.25, 0.3) is 0 Å². The second-order valence-electron chi connectivity index (χ2n) is 8.34. The highest BCUT2D eigenvalue weighted by molar-refractivity contribution is 7.64. The van der Waals surface area contributed by atoms with Crippen LogP contribution in [0.2, 0.25) is 0 Å². The molecule has 0 radical (unpaired) electrons. The number of aromatic nitrogens is 1. The highest BCUT2D eigenvalue weighted by atomic mass is 31.2. The molecule has 0 bridgehead atoms. The van der Waals surface area contributed by atoms with Gasteiger partial charge in [-0.3, -0.25) is 9.73 Å². The molecule has 1 aliphatic rings. The molecule has 7 heteroatoms. The van der Waals surface area contributed by atoms with Gasteiger partial charge in [0.25, 0.3) is 0 Å². The van der Waals surface area contributed by atoms with Crippen LogP contribution in [0.4, 0.5) is 16.2 Å². The minimum atomic E-state index is -1.31. The van der Waals surface area contributed by atoms with Gasteiger partial charge in [0.15, 0.2) is 0 Å². The predicted octanol–water partition coefficient (Wildman–Crippen LogP) is 4.30. The first kappa shape index (κ1) is 19.8.